The fourth-order valence-electron chi connectivity index (χ4n) is 4.60. The molecule has 0 bridgehead atoms. The van der Waals surface area contributed by atoms with Gasteiger partial charge in [0.05, 0.1) is 17.6 Å². The van der Waals surface area contributed by atoms with Crippen LogP contribution in [-0.4, -0.2) is 22.4 Å². The Morgan fingerprint density at radius 2 is 1.76 bits per heavy atom. The molecular weight excluding hydrogens is 477 g/mol. The molecule has 0 fully saturated rings. The summed E-state index contributed by atoms with van der Waals surface area (Å²) in [4.78, 5) is 0. The number of para-hydroxylation sites is 1. The highest BCUT2D eigenvalue weighted by atomic mass is 19.4. The van der Waals surface area contributed by atoms with E-state index in [1.165, 1.54) is 17.7 Å². The van der Waals surface area contributed by atoms with E-state index in [4.69, 9.17) is 5.10 Å². The van der Waals surface area contributed by atoms with E-state index in [-0.39, 0.29) is 5.75 Å². The average molecular weight is 503 g/mol. The molecule has 1 N–H and O–H groups in total. The summed E-state index contributed by atoms with van der Waals surface area (Å²) in [6.45, 7) is 4.18. The van der Waals surface area contributed by atoms with Gasteiger partial charge >= 0.3 is 6.36 Å². The lowest BCUT2D eigenvalue weighted by Crippen LogP contribution is -2.16. The van der Waals surface area contributed by atoms with Crippen molar-refractivity contribution in [3.05, 3.63) is 89.5 Å². The van der Waals surface area contributed by atoms with Gasteiger partial charge < -0.3 is 4.74 Å². The fourth-order valence-corrected chi connectivity index (χ4v) is 4.60. The van der Waals surface area contributed by atoms with Crippen molar-refractivity contribution in [2.24, 2.45) is 12.1 Å². The van der Waals surface area contributed by atoms with Crippen LogP contribution in [0, 0.1) is 6.92 Å². The maximum atomic E-state index is 12.5. The molecule has 5 nitrogen and oxygen atoms in total. The van der Waals surface area contributed by atoms with Gasteiger partial charge in [0, 0.05) is 23.4 Å². The number of fused-ring (bicyclic) bond motifs is 3. The number of hydrogen-bond acceptors (Lipinski definition) is 4. The van der Waals surface area contributed by atoms with Crippen molar-refractivity contribution in [1.82, 2.24) is 9.78 Å². The second kappa shape index (κ2) is 9.61. The summed E-state index contributed by atoms with van der Waals surface area (Å²) in [6, 6.07) is 22.1. The summed E-state index contributed by atoms with van der Waals surface area (Å²) in [5.74, 6) is -0.259. The van der Waals surface area contributed by atoms with Crippen molar-refractivity contribution in [3.63, 3.8) is 0 Å². The Kier molecular flexibility index (Phi) is 6.33. The quantitative estimate of drug-likeness (QED) is 0.192. The lowest BCUT2D eigenvalue weighted by atomic mass is 10.0. The maximum Gasteiger partial charge on any atom is 0.573 e. The Morgan fingerprint density at radius 1 is 1.00 bits per heavy atom. The Labute approximate surface area is 212 Å². The molecule has 0 aliphatic carbocycles. The predicted molar refractivity (Wildman–Crippen MR) is 142 cm³/mol. The van der Waals surface area contributed by atoms with Crippen molar-refractivity contribution in [2.75, 3.05) is 5.43 Å². The highest BCUT2D eigenvalue weighted by molar-refractivity contribution is 6.10. The SMILES string of the molecule is CCc1cccc(C)c1N/N=C/c1ccc2c(ccc3c(-c4ccc(OC(F)(F)F)cc4)n(C)nc32)c1. The Morgan fingerprint density at radius 3 is 2.49 bits per heavy atom. The largest absolute Gasteiger partial charge is 0.573 e. The van der Waals surface area contributed by atoms with Gasteiger partial charge in [0.15, 0.2) is 0 Å². The van der Waals surface area contributed by atoms with Gasteiger partial charge in [-0.05, 0) is 71.8 Å². The minimum absolute atomic E-state index is 0.259. The molecule has 0 aliphatic heterocycles. The number of rotatable bonds is 6. The lowest BCUT2D eigenvalue weighted by Gasteiger charge is -2.10. The number of anilines is 1. The number of ether oxygens (including phenoxy) is 1. The number of aromatic nitrogens is 2. The molecule has 0 radical (unpaired) electrons. The first-order valence-electron chi connectivity index (χ1n) is 11.9. The Hall–Kier alpha value is -4.33. The van der Waals surface area contributed by atoms with E-state index in [2.05, 4.69) is 47.3 Å². The van der Waals surface area contributed by atoms with Gasteiger partial charge in [0.1, 0.15) is 11.3 Å². The van der Waals surface area contributed by atoms with Gasteiger partial charge in [0.25, 0.3) is 0 Å². The number of halogens is 3. The van der Waals surface area contributed by atoms with Gasteiger partial charge in [-0.15, -0.1) is 13.2 Å². The third-order valence-corrected chi connectivity index (χ3v) is 6.34. The van der Waals surface area contributed by atoms with Crippen LogP contribution in [0.5, 0.6) is 5.75 Å². The standard InChI is InChI=1S/C29H25F3N4O/c1-4-20-7-5-6-18(2)26(20)34-33-17-19-8-14-24-22(16-19)11-15-25-27(24)35-36(3)28(25)21-9-12-23(13-10-21)37-29(30,31)32/h5-17,34H,4H2,1-3H3/b33-17+. The first kappa shape index (κ1) is 24.4. The van der Waals surface area contributed by atoms with E-state index in [1.54, 1.807) is 23.0 Å². The molecule has 0 saturated heterocycles. The van der Waals surface area contributed by atoms with E-state index in [1.807, 2.05) is 37.4 Å². The van der Waals surface area contributed by atoms with Crippen LogP contribution in [0.3, 0.4) is 0 Å². The van der Waals surface area contributed by atoms with E-state index in [0.29, 0.717) is 0 Å². The van der Waals surface area contributed by atoms with Gasteiger partial charge in [-0.2, -0.15) is 10.2 Å². The number of nitrogens with zero attached hydrogens (tertiary/aromatic N) is 3. The highest BCUT2D eigenvalue weighted by Crippen LogP contribution is 2.34. The second-order valence-electron chi connectivity index (χ2n) is 8.82. The van der Waals surface area contributed by atoms with Crippen molar-refractivity contribution in [1.29, 1.82) is 0 Å². The van der Waals surface area contributed by atoms with E-state index in [0.717, 1.165) is 56.2 Å². The van der Waals surface area contributed by atoms with Crippen molar-refractivity contribution in [2.45, 2.75) is 26.6 Å². The number of hydrogen-bond donors (Lipinski definition) is 1. The van der Waals surface area contributed by atoms with Crippen molar-refractivity contribution < 1.29 is 17.9 Å². The number of hydrazone groups is 1. The minimum Gasteiger partial charge on any atom is -0.406 e. The van der Waals surface area contributed by atoms with Crippen LogP contribution >= 0.6 is 0 Å². The Bertz CT molecular complexity index is 1620. The number of alkyl halides is 3. The van der Waals surface area contributed by atoms with Crippen LogP contribution < -0.4 is 10.2 Å². The van der Waals surface area contributed by atoms with Gasteiger partial charge in [-0.3, -0.25) is 10.1 Å². The molecule has 188 valence electrons. The molecule has 1 aromatic heterocycles. The van der Waals surface area contributed by atoms with Crippen LogP contribution in [0.15, 0.2) is 77.9 Å². The van der Waals surface area contributed by atoms with E-state index in [9.17, 15) is 13.2 Å². The molecule has 1 heterocycles. The molecule has 8 heteroatoms. The van der Waals surface area contributed by atoms with Crippen LogP contribution in [0.4, 0.5) is 18.9 Å². The molecule has 0 spiro atoms. The predicted octanol–water partition coefficient (Wildman–Crippen LogP) is 7.61. The number of benzene rings is 4. The zero-order chi connectivity index (χ0) is 26.2. The van der Waals surface area contributed by atoms with E-state index < -0.39 is 6.36 Å². The summed E-state index contributed by atoms with van der Waals surface area (Å²) in [6.07, 6.45) is -2.01. The summed E-state index contributed by atoms with van der Waals surface area (Å²) in [7, 11) is 1.82. The second-order valence-corrected chi connectivity index (χ2v) is 8.82. The average Bonchev–Trinajstić information content (AvgIpc) is 3.20. The molecule has 0 aliphatic rings. The fraction of sp³-hybridized carbons (Fsp3) is 0.172. The molecule has 0 amide bonds. The van der Waals surface area contributed by atoms with Crippen LogP contribution in [-0.2, 0) is 13.5 Å². The van der Waals surface area contributed by atoms with E-state index >= 15 is 0 Å². The molecular formula is C29H25F3N4O. The minimum atomic E-state index is -4.72. The molecule has 0 unspecified atom stereocenters. The lowest BCUT2D eigenvalue weighted by molar-refractivity contribution is -0.274. The summed E-state index contributed by atoms with van der Waals surface area (Å²) in [5.41, 5.74) is 9.90. The zero-order valence-electron chi connectivity index (χ0n) is 20.6. The molecule has 5 rings (SSSR count). The monoisotopic (exact) mass is 502 g/mol. The van der Waals surface area contributed by atoms with Crippen LogP contribution in [0.25, 0.3) is 32.9 Å². The summed E-state index contributed by atoms with van der Waals surface area (Å²) < 4.78 is 43.3. The molecule has 0 atom stereocenters. The Balaban J connectivity index is 1.44. The zero-order valence-corrected chi connectivity index (χ0v) is 20.6. The van der Waals surface area contributed by atoms with Gasteiger partial charge in [0.2, 0.25) is 0 Å². The third-order valence-electron chi connectivity index (χ3n) is 6.34. The summed E-state index contributed by atoms with van der Waals surface area (Å²) >= 11 is 0. The molecule has 5 aromatic rings. The van der Waals surface area contributed by atoms with Crippen LogP contribution in [0.1, 0.15) is 23.6 Å². The first-order chi connectivity index (χ1) is 17.7. The normalized spacial score (nSPS) is 12.1. The topological polar surface area (TPSA) is 51.4 Å². The molecule has 0 saturated carbocycles. The molecule has 37 heavy (non-hydrogen) atoms. The number of aryl methyl sites for hydroxylation is 3. The van der Waals surface area contributed by atoms with Crippen molar-refractivity contribution in [3.8, 4) is 17.0 Å². The van der Waals surface area contributed by atoms with Crippen LogP contribution in [0.2, 0.25) is 0 Å². The third kappa shape index (κ3) is 5.00. The smallest absolute Gasteiger partial charge is 0.406 e. The highest BCUT2D eigenvalue weighted by Gasteiger charge is 2.31. The number of nitrogens with one attached hydrogen (secondary N) is 1. The van der Waals surface area contributed by atoms with Gasteiger partial charge in [-0.1, -0.05) is 43.3 Å². The molecule has 4 aromatic carbocycles. The first-order valence-corrected chi connectivity index (χ1v) is 11.9. The van der Waals surface area contributed by atoms with Crippen molar-refractivity contribution >= 4 is 33.6 Å². The maximum absolute atomic E-state index is 12.5. The van der Waals surface area contributed by atoms with Gasteiger partial charge in [-0.25, -0.2) is 0 Å². The summed E-state index contributed by atoms with van der Waals surface area (Å²) in [5, 5.41) is 12.1.